The summed E-state index contributed by atoms with van der Waals surface area (Å²) in [5.74, 6) is -0.260. The summed E-state index contributed by atoms with van der Waals surface area (Å²) in [7, 11) is -1.52. The fourth-order valence-corrected chi connectivity index (χ4v) is 2.29. The molecule has 3 nitrogen and oxygen atoms in total. The average molecular weight is 552 g/mol. The van der Waals surface area contributed by atoms with Crippen LogP contribution in [0.15, 0.2) is 19.3 Å². The molecule has 0 rings (SSSR count). The summed E-state index contributed by atoms with van der Waals surface area (Å²) in [5.41, 5.74) is 0. The van der Waals surface area contributed by atoms with Crippen LogP contribution in [0.1, 0.15) is 41.5 Å². The summed E-state index contributed by atoms with van der Waals surface area (Å²) in [4.78, 5) is 10.6. The first-order valence-corrected chi connectivity index (χ1v) is 12.4. The first kappa shape index (κ1) is 24.8. The molecule has 0 fully saturated rings. The van der Waals surface area contributed by atoms with Crippen LogP contribution < -0.4 is 0 Å². The lowest BCUT2D eigenvalue weighted by Gasteiger charge is -2.35. The zero-order valence-corrected chi connectivity index (χ0v) is 20.4. The van der Waals surface area contributed by atoms with Gasteiger partial charge in [0.05, 0.1) is 13.2 Å². The van der Waals surface area contributed by atoms with Gasteiger partial charge in [-0.25, -0.2) is 4.79 Å². The van der Waals surface area contributed by atoms with E-state index >= 15 is 0 Å². The number of halogens is 2. The van der Waals surface area contributed by atoms with Gasteiger partial charge >= 0.3 is 5.97 Å². The zero-order chi connectivity index (χ0) is 18.0. The van der Waals surface area contributed by atoms with Crippen molar-refractivity contribution in [2.75, 3.05) is 13.2 Å². The lowest BCUT2D eigenvalue weighted by Crippen LogP contribution is -2.40. The summed E-state index contributed by atoms with van der Waals surface area (Å²) < 4.78 is 12.8. The molecule has 6 heteroatoms. The number of carbonyl (C=O) groups excluding carboxylic acids is 1. The molecule has 0 amide bonds. The molecule has 0 saturated heterocycles. The van der Waals surface area contributed by atoms with E-state index in [1.54, 1.807) is 6.92 Å². The van der Waals surface area contributed by atoms with Crippen molar-refractivity contribution in [3.05, 3.63) is 19.3 Å². The molecular formula is C16H30I2O3Si. The molecule has 0 atom stereocenters. The maximum absolute atomic E-state index is 10.6. The highest BCUT2D eigenvalue weighted by Crippen LogP contribution is 2.36. The van der Waals surface area contributed by atoms with Crippen molar-refractivity contribution >= 4 is 59.5 Å². The van der Waals surface area contributed by atoms with Crippen LogP contribution in [-0.2, 0) is 14.0 Å². The molecule has 0 spiro atoms. The standard InChI is InChI=1S/C10H21IOSi.C6H9IO2/c1-9(11)7-8-12-13(5,6)10(2,3)4;1-3-9-6(8)4-5(2)7/h7H,8H2,1-6H3;4H,3H2,1-2H3/b9-7+;5-4-. The van der Waals surface area contributed by atoms with Crippen molar-refractivity contribution < 1.29 is 14.0 Å². The number of esters is 1. The van der Waals surface area contributed by atoms with Gasteiger partial charge in [0.25, 0.3) is 0 Å². The van der Waals surface area contributed by atoms with Crippen molar-refractivity contribution in [1.82, 2.24) is 0 Å². The van der Waals surface area contributed by atoms with E-state index in [4.69, 9.17) is 4.43 Å². The lowest BCUT2D eigenvalue weighted by atomic mass is 10.2. The number of hydrogen-bond donors (Lipinski definition) is 0. The van der Waals surface area contributed by atoms with Gasteiger partial charge in [-0.2, -0.15) is 0 Å². The van der Waals surface area contributed by atoms with Gasteiger partial charge in [0.2, 0.25) is 0 Å². The maximum Gasteiger partial charge on any atom is 0.331 e. The van der Waals surface area contributed by atoms with Crippen molar-refractivity contribution in [2.45, 2.75) is 59.7 Å². The Balaban J connectivity index is 0. The summed E-state index contributed by atoms with van der Waals surface area (Å²) in [6.07, 6.45) is 3.60. The lowest BCUT2D eigenvalue weighted by molar-refractivity contribution is -0.137. The highest BCUT2D eigenvalue weighted by atomic mass is 127. The summed E-state index contributed by atoms with van der Waals surface area (Å²) in [6.45, 7) is 18.3. The Hall–Kier alpha value is 0.587. The van der Waals surface area contributed by atoms with E-state index in [0.717, 1.165) is 10.2 Å². The van der Waals surface area contributed by atoms with E-state index < -0.39 is 8.32 Å². The Labute approximate surface area is 164 Å². The molecule has 0 bridgehead atoms. The van der Waals surface area contributed by atoms with Crippen molar-refractivity contribution in [2.24, 2.45) is 0 Å². The van der Waals surface area contributed by atoms with Gasteiger partial charge in [-0.15, -0.1) is 0 Å². The second-order valence-electron chi connectivity index (χ2n) is 6.35. The average Bonchev–Trinajstić information content (AvgIpc) is 2.26. The maximum atomic E-state index is 10.6. The molecule has 130 valence electrons. The molecule has 0 radical (unpaired) electrons. The van der Waals surface area contributed by atoms with Gasteiger partial charge in [0.1, 0.15) is 0 Å². The second-order valence-corrected chi connectivity index (χ2v) is 14.6. The minimum Gasteiger partial charge on any atom is -0.463 e. The molecule has 0 aromatic carbocycles. The van der Waals surface area contributed by atoms with Gasteiger partial charge in [-0.3, -0.25) is 0 Å². The van der Waals surface area contributed by atoms with Crippen LogP contribution in [0.4, 0.5) is 0 Å². The minimum atomic E-state index is -1.52. The van der Waals surface area contributed by atoms with Crippen molar-refractivity contribution in [3.63, 3.8) is 0 Å². The number of allylic oxidation sites excluding steroid dienone is 2. The molecule has 0 heterocycles. The highest BCUT2D eigenvalue weighted by molar-refractivity contribution is 14.1. The minimum absolute atomic E-state index is 0.260. The van der Waals surface area contributed by atoms with Crippen LogP contribution in [0.25, 0.3) is 0 Å². The molecule has 0 saturated carbocycles. The molecule has 0 N–H and O–H groups in total. The molecule has 22 heavy (non-hydrogen) atoms. The van der Waals surface area contributed by atoms with Crippen LogP contribution in [0, 0.1) is 0 Å². The first-order valence-electron chi connectivity index (χ1n) is 7.30. The van der Waals surface area contributed by atoms with Gasteiger partial charge in [-0.05, 0) is 91.2 Å². The van der Waals surface area contributed by atoms with E-state index in [9.17, 15) is 4.79 Å². The molecule has 0 aliphatic carbocycles. The van der Waals surface area contributed by atoms with E-state index in [1.165, 1.54) is 9.66 Å². The third-order valence-electron chi connectivity index (χ3n) is 3.22. The molecule has 0 aromatic heterocycles. The van der Waals surface area contributed by atoms with Crippen LogP contribution in [-0.4, -0.2) is 27.5 Å². The Kier molecular flexibility index (Phi) is 13.6. The Morgan fingerprint density at radius 3 is 1.95 bits per heavy atom. The van der Waals surface area contributed by atoms with Gasteiger partial charge in [0.15, 0.2) is 8.32 Å². The van der Waals surface area contributed by atoms with Crippen LogP contribution in [0.3, 0.4) is 0 Å². The monoisotopic (exact) mass is 552 g/mol. The van der Waals surface area contributed by atoms with Crippen molar-refractivity contribution in [3.8, 4) is 0 Å². The molecule has 0 unspecified atom stereocenters. The number of hydrogen-bond acceptors (Lipinski definition) is 3. The summed E-state index contributed by atoms with van der Waals surface area (Å²) >= 11 is 4.37. The van der Waals surface area contributed by atoms with Crippen LogP contribution >= 0.6 is 45.2 Å². The smallest absolute Gasteiger partial charge is 0.331 e. The van der Waals surface area contributed by atoms with Gasteiger partial charge < -0.3 is 9.16 Å². The fraction of sp³-hybridized carbons (Fsp3) is 0.688. The highest BCUT2D eigenvalue weighted by Gasteiger charge is 2.36. The quantitative estimate of drug-likeness (QED) is 0.176. The number of carbonyl (C=O) groups is 1. The zero-order valence-electron chi connectivity index (χ0n) is 15.0. The summed E-state index contributed by atoms with van der Waals surface area (Å²) in [6, 6.07) is 0. The van der Waals surface area contributed by atoms with E-state index in [1.807, 2.05) is 6.92 Å². The predicted octanol–water partition coefficient (Wildman–Crippen LogP) is 6.24. The Morgan fingerprint density at radius 2 is 1.64 bits per heavy atom. The van der Waals surface area contributed by atoms with Crippen LogP contribution in [0.2, 0.25) is 18.1 Å². The third-order valence-corrected chi connectivity index (χ3v) is 8.47. The SMILES string of the molecule is C/C(I)=C\CO[Si](C)(C)C(C)(C)C.CCOC(=O)/C=C(/C)I. The molecule has 0 aliphatic rings. The first-order chi connectivity index (χ1) is 9.83. The molecule has 0 aliphatic heterocycles. The summed E-state index contributed by atoms with van der Waals surface area (Å²) in [5, 5.41) is 0.319. The van der Waals surface area contributed by atoms with E-state index in [-0.39, 0.29) is 5.97 Å². The van der Waals surface area contributed by atoms with E-state index in [0.29, 0.717) is 11.6 Å². The normalized spacial score (nSPS) is 13.4. The Bertz CT molecular complexity index is 389. The number of ether oxygens (including phenoxy) is 1. The Morgan fingerprint density at radius 1 is 1.14 bits per heavy atom. The molecular weight excluding hydrogens is 522 g/mol. The largest absolute Gasteiger partial charge is 0.463 e. The predicted molar refractivity (Wildman–Crippen MR) is 115 cm³/mol. The molecule has 0 aromatic rings. The topological polar surface area (TPSA) is 35.5 Å². The van der Waals surface area contributed by atoms with Gasteiger partial charge in [-0.1, -0.05) is 26.8 Å². The van der Waals surface area contributed by atoms with Crippen molar-refractivity contribution in [1.29, 1.82) is 0 Å². The number of rotatable bonds is 5. The second kappa shape index (κ2) is 12.0. The third kappa shape index (κ3) is 14.2. The fourth-order valence-electron chi connectivity index (χ4n) is 0.928. The van der Waals surface area contributed by atoms with E-state index in [2.05, 4.69) is 96.8 Å². The van der Waals surface area contributed by atoms with Gasteiger partial charge in [0, 0.05) is 6.08 Å². The van der Waals surface area contributed by atoms with Crippen LogP contribution in [0.5, 0.6) is 0 Å².